The molecule has 28 heavy (non-hydrogen) atoms. The van der Waals surface area contributed by atoms with Gasteiger partial charge in [-0.15, -0.1) is 11.3 Å². The summed E-state index contributed by atoms with van der Waals surface area (Å²) < 4.78 is 5.01. The molecule has 142 valence electrons. The first-order chi connectivity index (χ1) is 13.7. The van der Waals surface area contributed by atoms with Gasteiger partial charge in [0.05, 0.1) is 7.11 Å². The molecule has 5 heteroatoms. The summed E-state index contributed by atoms with van der Waals surface area (Å²) >= 11 is 1.34. The standard InChI is InChI=1S/C23H21NO3S/c1-27-23(26)20-19(18-12-11-15-7-5-6-10-17(15)13-18)14-28-22(20)24-21(25)16-8-3-2-4-9-16/h2-4,8-9,11-14H,5-7,10H2,1H3,(H,24,25). The van der Waals surface area contributed by atoms with Gasteiger partial charge in [-0.3, -0.25) is 4.79 Å². The second-order valence-corrected chi connectivity index (χ2v) is 7.74. The first-order valence-electron chi connectivity index (χ1n) is 9.35. The predicted molar refractivity (Wildman–Crippen MR) is 112 cm³/mol. The molecule has 0 aliphatic heterocycles. The summed E-state index contributed by atoms with van der Waals surface area (Å²) in [7, 11) is 1.36. The van der Waals surface area contributed by atoms with Crippen LogP contribution in [0.4, 0.5) is 5.00 Å². The smallest absolute Gasteiger partial charge is 0.341 e. The number of benzene rings is 2. The topological polar surface area (TPSA) is 55.4 Å². The van der Waals surface area contributed by atoms with Crippen LogP contribution < -0.4 is 5.32 Å². The summed E-state index contributed by atoms with van der Waals surface area (Å²) in [6, 6.07) is 15.3. The highest BCUT2D eigenvalue weighted by Gasteiger charge is 2.23. The number of fused-ring (bicyclic) bond motifs is 1. The zero-order chi connectivity index (χ0) is 19.5. The molecule has 0 spiro atoms. The molecule has 0 bridgehead atoms. The third-order valence-electron chi connectivity index (χ3n) is 5.10. The Morgan fingerprint density at radius 1 is 1.00 bits per heavy atom. The van der Waals surface area contributed by atoms with E-state index in [0.29, 0.717) is 16.1 Å². The zero-order valence-electron chi connectivity index (χ0n) is 15.7. The number of hydrogen-bond acceptors (Lipinski definition) is 4. The lowest BCUT2D eigenvalue weighted by Crippen LogP contribution is -2.14. The monoisotopic (exact) mass is 391 g/mol. The molecule has 0 saturated carbocycles. The molecule has 3 aromatic rings. The minimum Gasteiger partial charge on any atom is -0.465 e. The normalized spacial score (nSPS) is 12.9. The Kier molecular flexibility index (Phi) is 5.26. The van der Waals surface area contributed by atoms with Gasteiger partial charge in [-0.1, -0.05) is 36.4 Å². The molecule has 1 aliphatic rings. The molecule has 0 atom stereocenters. The highest BCUT2D eigenvalue weighted by molar-refractivity contribution is 7.15. The Labute approximate surface area is 168 Å². The highest BCUT2D eigenvalue weighted by atomic mass is 32.1. The van der Waals surface area contributed by atoms with Crippen molar-refractivity contribution in [3.05, 3.63) is 76.2 Å². The largest absolute Gasteiger partial charge is 0.465 e. The van der Waals surface area contributed by atoms with Crippen LogP contribution in [0, 0.1) is 0 Å². The molecule has 1 amide bonds. The van der Waals surface area contributed by atoms with E-state index in [1.54, 1.807) is 12.1 Å². The predicted octanol–water partition coefficient (Wildman–Crippen LogP) is 5.33. The summed E-state index contributed by atoms with van der Waals surface area (Å²) in [6.45, 7) is 0. The van der Waals surface area contributed by atoms with Gasteiger partial charge in [0.1, 0.15) is 10.6 Å². The van der Waals surface area contributed by atoms with Crippen molar-refractivity contribution in [2.24, 2.45) is 0 Å². The second-order valence-electron chi connectivity index (χ2n) is 6.86. The Bertz CT molecular complexity index is 1020. The van der Waals surface area contributed by atoms with E-state index in [4.69, 9.17) is 4.74 Å². The fourth-order valence-corrected chi connectivity index (χ4v) is 4.59. The van der Waals surface area contributed by atoms with Crippen LogP contribution in [0.5, 0.6) is 0 Å². The summed E-state index contributed by atoms with van der Waals surface area (Å²) in [4.78, 5) is 25.1. The van der Waals surface area contributed by atoms with Gasteiger partial charge in [0.25, 0.3) is 5.91 Å². The number of ether oxygens (including phenoxy) is 1. The average Bonchev–Trinajstić information content (AvgIpc) is 3.17. The van der Waals surface area contributed by atoms with Gasteiger partial charge in [-0.05, 0) is 54.5 Å². The lowest BCUT2D eigenvalue weighted by atomic mass is 9.89. The molecule has 4 rings (SSSR count). The molecule has 0 unspecified atom stereocenters. The van der Waals surface area contributed by atoms with E-state index in [-0.39, 0.29) is 5.91 Å². The molecule has 1 aliphatic carbocycles. The quantitative estimate of drug-likeness (QED) is 0.611. The lowest BCUT2D eigenvalue weighted by Gasteiger charge is -2.16. The van der Waals surface area contributed by atoms with Crippen LogP contribution in [0.2, 0.25) is 0 Å². The molecular weight excluding hydrogens is 370 g/mol. The average molecular weight is 391 g/mol. The van der Waals surface area contributed by atoms with Crippen molar-refractivity contribution >= 4 is 28.2 Å². The lowest BCUT2D eigenvalue weighted by molar-refractivity contribution is 0.0603. The Morgan fingerprint density at radius 2 is 1.75 bits per heavy atom. The van der Waals surface area contributed by atoms with Crippen molar-refractivity contribution < 1.29 is 14.3 Å². The van der Waals surface area contributed by atoms with Crippen molar-refractivity contribution in [3.8, 4) is 11.1 Å². The number of nitrogens with one attached hydrogen (secondary N) is 1. The van der Waals surface area contributed by atoms with Crippen molar-refractivity contribution in [1.29, 1.82) is 0 Å². The van der Waals surface area contributed by atoms with Crippen molar-refractivity contribution in [2.45, 2.75) is 25.7 Å². The van der Waals surface area contributed by atoms with E-state index in [1.807, 2.05) is 23.6 Å². The molecule has 1 N–H and O–H groups in total. The van der Waals surface area contributed by atoms with E-state index in [0.717, 1.165) is 24.0 Å². The number of anilines is 1. The number of hydrogen-bond donors (Lipinski definition) is 1. The number of rotatable bonds is 4. The number of amides is 1. The minimum atomic E-state index is -0.447. The third kappa shape index (κ3) is 3.58. The number of carbonyl (C=O) groups is 2. The van der Waals surface area contributed by atoms with Gasteiger partial charge in [-0.25, -0.2) is 4.79 Å². The molecule has 4 nitrogen and oxygen atoms in total. The highest BCUT2D eigenvalue weighted by Crippen LogP contribution is 2.38. The van der Waals surface area contributed by atoms with Gasteiger partial charge < -0.3 is 10.1 Å². The van der Waals surface area contributed by atoms with E-state index < -0.39 is 5.97 Å². The SMILES string of the molecule is COC(=O)c1c(-c2ccc3c(c2)CCCC3)csc1NC(=O)c1ccccc1. The molecule has 2 aromatic carbocycles. The van der Waals surface area contributed by atoms with Crippen LogP contribution in [0.1, 0.15) is 44.7 Å². The number of methoxy groups -OCH3 is 1. The second kappa shape index (κ2) is 7.98. The van der Waals surface area contributed by atoms with Gasteiger partial charge >= 0.3 is 5.97 Å². The molecular formula is C23H21NO3S. The van der Waals surface area contributed by atoms with Gasteiger partial charge in [0.15, 0.2) is 0 Å². The van der Waals surface area contributed by atoms with E-state index in [1.165, 1.54) is 42.4 Å². The molecule has 1 heterocycles. The maximum atomic E-state index is 12.6. The first kappa shape index (κ1) is 18.4. The van der Waals surface area contributed by atoms with E-state index in [9.17, 15) is 9.59 Å². The summed E-state index contributed by atoms with van der Waals surface area (Å²) in [5.74, 6) is -0.693. The van der Waals surface area contributed by atoms with Crippen LogP contribution in [0.3, 0.4) is 0 Å². The van der Waals surface area contributed by atoms with Crippen LogP contribution in [0.15, 0.2) is 53.9 Å². The van der Waals surface area contributed by atoms with E-state index in [2.05, 4.69) is 23.5 Å². The van der Waals surface area contributed by atoms with Crippen LogP contribution in [-0.4, -0.2) is 19.0 Å². The number of thiophene rings is 1. The third-order valence-corrected chi connectivity index (χ3v) is 6.00. The Morgan fingerprint density at radius 3 is 2.50 bits per heavy atom. The van der Waals surface area contributed by atoms with Crippen molar-refractivity contribution in [1.82, 2.24) is 0 Å². The fourth-order valence-electron chi connectivity index (χ4n) is 3.63. The summed E-state index contributed by atoms with van der Waals surface area (Å²) in [5, 5.41) is 5.30. The maximum Gasteiger partial charge on any atom is 0.341 e. The summed E-state index contributed by atoms with van der Waals surface area (Å²) in [6.07, 6.45) is 4.61. The van der Waals surface area contributed by atoms with Gasteiger partial charge in [0.2, 0.25) is 0 Å². The van der Waals surface area contributed by atoms with Crippen LogP contribution in [0.25, 0.3) is 11.1 Å². The van der Waals surface area contributed by atoms with Crippen molar-refractivity contribution in [2.75, 3.05) is 12.4 Å². The fraction of sp³-hybridized carbons (Fsp3) is 0.217. The van der Waals surface area contributed by atoms with Crippen molar-refractivity contribution in [3.63, 3.8) is 0 Å². The Hall–Kier alpha value is -2.92. The minimum absolute atomic E-state index is 0.246. The molecule has 0 radical (unpaired) electrons. The molecule has 1 aromatic heterocycles. The first-order valence-corrected chi connectivity index (χ1v) is 10.2. The van der Waals surface area contributed by atoms with Crippen LogP contribution >= 0.6 is 11.3 Å². The molecule has 0 saturated heterocycles. The summed E-state index contributed by atoms with van der Waals surface area (Å²) in [5.41, 5.74) is 5.48. The maximum absolute atomic E-state index is 12.6. The molecule has 0 fully saturated rings. The van der Waals surface area contributed by atoms with Crippen LogP contribution in [-0.2, 0) is 17.6 Å². The number of carbonyl (C=O) groups excluding carboxylic acids is 2. The van der Waals surface area contributed by atoms with Gasteiger partial charge in [-0.2, -0.15) is 0 Å². The Balaban J connectivity index is 1.71. The zero-order valence-corrected chi connectivity index (χ0v) is 16.5. The number of aryl methyl sites for hydroxylation is 2. The van der Waals surface area contributed by atoms with Gasteiger partial charge in [0, 0.05) is 16.5 Å². The van der Waals surface area contributed by atoms with E-state index >= 15 is 0 Å². The number of esters is 1.